The van der Waals surface area contributed by atoms with E-state index in [1.807, 2.05) is 12.1 Å². The van der Waals surface area contributed by atoms with Gasteiger partial charge in [0.05, 0.1) is 44.9 Å². The SMILES string of the molecule is ClP(Cl)(Cl)(Cl)Cl.N#Cc1ccc(CS(=O)(=O)Cl)cc1.N#Cc1ccc(CS(=O)(=O)[O-])cc1.[Na+]. The number of hydrogen-bond donors (Lipinski definition) is 0. The zero-order chi connectivity index (χ0) is 25.2. The van der Waals surface area contributed by atoms with Crippen molar-refractivity contribution in [3.8, 4) is 12.1 Å². The van der Waals surface area contributed by atoms with Gasteiger partial charge in [-0.25, -0.2) is 16.8 Å². The number of nitriles is 2. The first kappa shape index (κ1) is 35.6. The van der Waals surface area contributed by atoms with Crippen LogP contribution in [-0.4, -0.2) is 21.4 Å². The quantitative estimate of drug-likeness (QED) is 0.215. The number of nitrogens with zero attached hydrogens (tertiary/aromatic N) is 2. The van der Waals surface area contributed by atoms with E-state index in [1.54, 1.807) is 24.3 Å². The molecule has 2 aromatic carbocycles. The van der Waals surface area contributed by atoms with Gasteiger partial charge in [-0.2, -0.15) is 10.5 Å². The van der Waals surface area contributed by atoms with E-state index in [-0.39, 0.29) is 35.3 Å². The van der Waals surface area contributed by atoms with Crippen LogP contribution < -0.4 is 29.6 Å². The average Bonchev–Trinajstić information content (AvgIpc) is 2.59. The Balaban J connectivity index is 0. The van der Waals surface area contributed by atoms with Crippen LogP contribution in [0.5, 0.6) is 0 Å². The van der Waals surface area contributed by atoms with Crippen molar-refractivity contribution in [3.05, 3.63) is 70.8 Å². The molecule has 0 atom stereocenters. The molecule has 0 spiro atoms. The van der Waals surface area contributed by atoms with Gasteiger partial charge < -0.3 is 4.55 Å². The minimum Gasteiger partial charge on any atom is -0.748 e. The van der Waals surface area contributed by atoms with Crippen molar-refractivity contribution >= 4 is 89.4 Å². The van der Waals surface area contributed by atoms with Crippen LogP contribution in [0.3, 0.4) is 0 Å². The Bertz CT molecular complexity index is 1100. The molecule has 0 N–H and O–H groups in total. The molecule has 0 aromatic heterocycles. The van der Waals surface area contributed by atoms with E-state index in [4.69, 9.17) is 77.4 Å². The van der Waals surface area contributed by atoms with Crippen molar-refractivity contribution in [3.63, 3.8) is 0 Å². The molecule has 0 fully saturated rings. The normalized spacial score (nSPS) is 12.0. The second-order valence-corrected chi connectivity index (χ2v) is 26.4. The second kappa shape index (κ2) is 14.9. The molecule has 0 aliphatic rings. The molecule has 0 unspecified atom stereocenters. The van der Waals surface area contributed by atoms with E-state index in [9.17, 15) is 21.4 Å². The zero-order valence-corrected chi connectivity index (χ0v) is 25.6. The Labute approximate surface area is 242 Å². The zero-order valence-electron chi connectivity index (χ0n) is 16.5. The Morgan fingerprint density at radius 2 is 1.00 bits per heavy atom. The maximum Gasteiger partial charge on any atom is 1.00 e. The number of halogens is 6. The second-order valence-electron chi connectivity index (χ2n) is 5.64. The molecule has 0 saturated carbocycles. The van der Waals surface area contributed by atoms with E-state index in [0.29, 0.717) is 22.3 Å². The van der Waals surface area contributed by atoms with Crippen molar-refractivity contribution in [1.29, 1.82) is 10.5 Å². The van der Waals surface area contributed by atoms with Crippen LogP contribution in [0.2, 0.25) is 0 Å². The van der Waals surface area contributed by atoms with Gasteiger partial charge in [-0.1, -0.05) is 24.3 Å². The van der Waals surface area contributed by atoms with E-state index >= 15 is 0 Å². The molecule has 0 aliphatic heterocycles. The number of benzene rings is 2. The van der Waals surface area contributed by atoms with Crippen LogP contribution in [0, 0.1) is 22.7 Å². The minimum absolute atomic E-state index is 0. The molecule has 17 heteroatoms. The molecule has 0 amide bonds. The van der Waals surface area contributed by atoms with Gasteiger partial charge in [0.15, 0.2) is 0 Å². The van der Waals surface area contributed by atoms with Crippen molar-refractivity contribution in [2.75, 3.05) is 0 Å². The molecular formula is C16H12Cl6N2NaO5PS2. The fraction of sp³-hybridized carbons (Fsp3) is 0.125. The van der Waals surface area contributed by atoms with Gasteiger partial charge in [-0.15, -0.1) is 0 Å². The van der Waals surface area contributed by atoms with E-state index < -0.39 is 28.3 Å². The van der Waals surface area contributed by atoms with Crippen molar-refractivity contribution in [2.45, 2.75) is 11.5 Å². The van der Waals surface area contributed by atoms with Crippen molar-refractivity contribution < 1.29 is 50.9 Å². The van der Waals surface area contributed by atoms with Crippen LogP contribution in [0.1, 0.15) is 22.3 Å². The molecule has 2 aromatic rings. The molecule has 0 radical (unpaired) electrons. The van der Waals surface area contributed by atoms with Crippen LogP contribution >= 0.6 is 70.3 Å². The maximum absolute atomic E-state index is 10.7. The summed E-state index contributed by atoms with van der Waals surface area (Å²) in [6.45, 7) is 0. The summed E-state index contributed by atoms with van der Waals surface area (Å²) < 4.78 is 48.6. The third-order valence-corrected chi connectivity index (χ3v) is 4.54. The summed E-state index contributed by atoms with van der Waals surface area (Å²) in [5, 5.41) is 16.9. The molecule has 0 heterocycles. The Morgan fingerprint density at radius 1 is 0.727 bits per heavy atom. The molecule has 0 saturated heterocycles. The number of rotatable bonds is 4. The van der Waals surface area contributed by atoms with E-state index in [0.717, 1.165) is 0 Å². The van der Waals surface area contributed by atoms with Gasteiger partial charge in [0.1, 0.15) is 0 Å². The number of hydrogen-bond acceptors (Lipinski definition) is 7. The first-order chi connectivity index (χ1) is 14.3. The Kier molecular flexibility index (Phi) is 16.1. The summed E-state index contributed by atoms with van der Waals surface area (Å²) in [7, 11) is -2.69. The summed E-state index contributed by atoms with van der Waals surface area (Å²) in [6, 6.07) is 15.9. The third-order valence-electron chi connectivity index (χ3n) is 2.85. The fourth-order valence-corrected chi connectivity index (χ4v) is 3.32. The Hall–Kier alpha value is 0.450. The molecule has 176 valence electrons. The standard InChI is InChI=1S/C8H6ClNO2S.C8H7NO3S.Cl5P.Na/c9-13(11,12)6-8-3-1-7(5-10)2-4-8;9-5-7-1-3-8(4-2-7)6-13(10,11)12;1-6(2,3,4)5;/h1-4H,6H2;1-4H,6H2,(H,10,11,12);;/q;;;+1/p-1. The molecular weight excluding hydrogens is 631 g/mol. The van der Waals surface area contributed by atoms with Crippen LogP contribution in [0.4, 0.5) is 0 Å². The van der Waals surface area contributed by atoms with Crippen LogP contribution in [-0.2, 0) is 30.7 Å². The fourth-order valence-electron chi connectivity index (χ4n) is 1.75. The molecule has 33 heavy (non-hydrogen) atoms. The van der Waals surface area contributed by atoms with Gasteiger partial charge in [0, 0.05) is 10.7 Å². The third kappa shape index (κ3) is 25.4. The molecule has 7 nitrogen and oxygen atoms in total. The summed E-state index contributed by atoms with van der Waals surface area (Å²) in [5.74, 6) is -0.737. The van der Waals surface area contributed by atoms with Crippen LogP contribution in [0.25, 0.3) is 0 Å². The monoisotopic (exact) mass is 640 g/mol. The maximum atomic E-state index is 10.7. The van der Waals surface area contributed by atoms with E-state index in [1.165, 1.54) is 24.3 Å². The minimum atomic E-state index is -4.23. The first-order valence-electron chi connectivity index (χ1n) is 7.71. The molecule has 0 bridgehead atoms. The summed E-state index contributed by atoms with van der Waals surface area (Å²) in [5.41, 5.74) is 1.91. The van der Waals surface area contributed by atoms with Gasteiger partial charge in [0.2, 0.25) is 9.05 Å². The van der Waals surface area contributed by atoms with Crippen molar-refractivity contribution in [1.82, 2.24) is 0 Å². The summed E-state index contributed by atoms with van der Waals surface area (Å²) in [4.78, 5) is 0. The first-order valence-corrected chi connectivity index (χ1v) is 18.5. The van der Waals surface area contributed by atoms with Gasteiger partial charge in [-0.05, 0) is 35.4 Å². The summed E-state index contributed by atoms with van der Waals surface area (Å²) >= 11 is 24.9. The van der Waals surface area contributed by atoms with Gasteiger partial charge in [-0.3, -0.25) is 0 Å². The Morgan fingerprint density at radius 3 is 1.21 bits per heavy atom. The molecule has 0 aliphatic carbocycles. The molecule has 2 rings (SSSR count). The van der Waals surface area contributed by atoms with Gasteiger partial charge >= 0.3 is 89.1 Å². The van der Waals surface area contributed by atoms with E-state index in [2.05, 4.69) is 0 Å². The van der Waals surface area contributed by atoms with Crippen molar-refractivity contribution in [2.24, 2.45) is 0 Å². The topological polar surface area (TPSA) is 139 Å². The summed E-state index contributed by atoms with van der Waals surface area (Å²) in [6.07, 6.45) is 0. The van der Waals surface area contributed by atoms with Gasteiger partial charge in [0.25, 0.3) is 0 Å². The smallest absolute Gasteiger partial charge is 0.748 e. The van der Waals surface area contributed by atoms with Crippen LogP contribution in [0.15, 0.2) is 48.5 Å². The predicted octanol–water partition coefficient (Wildman–Crippen LogP) is 3.54. The average molecular weight is 643 g/mol. The predicted molar refractivity (Wildman–Crippen MR) is 130 cm³/mol. The largest absolute Gasteiger partial charge is 1.00 e.